The number of rotatable bonds is 4. The molecule has 3 atom stereocenters. The average Bonchev–Trinajstić information content (AvgIpc) is 2.75. The summed E-state index contributed by atoms with van der Waals surface area (Å²) in [7, 11) is -3.10. The topological polar surface area (TPSA) is 63.4 Å². The van der Waals surface area contributed by atoms with Crippen LogP contribution >= 0.6 is 23.1 Å². The van der Waals surface area contributed by atoms with Crippen LogP contribution in [0.3, 0.4) is 0 Å². The molecule has 2 heterocycles. The van der Waals surface area contributed by atoms with Gasteiger partial charge in [0.2, 0.25) is 0 Å². The van der Waals surface area contributed by atoms with E-state index in [2.05, 4.69) is 24.0 Å². The van der Waals surface area contributed by atoms with Gasteiger partial charge >= 0.3 is 0 Å². The molecule has 114 valence electrons. The molecule has 0 amide bonds. The minimum absolute atomic E-state index is 0.0191. The molecule has 1 aliphatic rings. The van der Waals surface area contributed by atoms with E-state index in [1.807, 2.05) is 6.92 Å². The number of hydrogen-bond acceptors (Lipinski definition) is 6. The number of aryl methyl sites for hydroxylation is 1. The molecule has 3 unspecified atom stereocenters. The zero-order valence-corrected chi connectivity index (χ0v) is 14.5. The van der Waals surface area contributed by atoms with Gasteiger partial charge in [0.25, 0.3) is 0 Å². The van der Waals surface area contributed by atoms with Crippen molar-refractivity contribution >= 4 is 32.9 Å². The van der Waals surface area contributed by atoms with Gasteiger partial charge < -0.3 is 5.73 Å². The summed E-state index contributed by atoms with van der Waals surface area (Å²) in [6, 6.07) is 4.04. The van der Waals surface area contributed by atoms with Crippen LogP contribution in [0.15, 0.2) is 12.1 Å². The summed E-state index contributed by atoms with van der Waals surface area (Å²) in [5.41, 5.74) is 6.18. The zero-order valence-electron chi connectivity index (χ0n) is 12.1. The Labute approximate surface area is 129 Å². The molecule has 0 radical (unpaired) electrons. The van der Waals surface area contributed by atoms with E-state index in [1.165, 1.54) is 11.1 Å². The third kappa shape index (κ3) is 3.57. The van der Waals surface area contributed by atoms with Crippen molar-refractivity contribution in [3.63, 3.8) is 0 Å². The van der Waals surface area contributed by atoms with Gasteiger partial charge in [0.1, 0.15) is 5.37 Å². The van der Waals surface area contributed by atoms with Crippen LogP contribution in [0.2, 0.25) is 0 Å². The Morgan fingerprint density at radius 1 is 1.45 bits per heavy atom. The van der Waals surface area contributed by atoms with Crippen molar-refractivity contribution in [3.05, 3.63) is 21.9 Å². The molecule has 2 rings (SSSR count). The van der Waals surface area contributed by atoms with Gasteiger partial charge in [-0.3, -0.25) is 4.90 Å². The van der Waals surface area contributed by atoms with Crippen LogP contribution in [0.1, 0.15) is 22.7 Å². The van der Waals surface area contributed by atoms with Crippen molar-refractivity contribution in [2.45, 2.75) is 31.3 Å². The van der Waals surface area contributed by atoms with Crippen LogP contribution in [-0.2, 0) is 9.84 Å². The highest BCUT2D eigenvalue weighted by Gasteiger charge is 2.38. The van der Waals surface area contributed by atoms with Crippen LogP contribution in [0.25, 0.3) is 0 Å². The molecule has 0 aromatic carbocycles. The van der Waals surface area contributed by atoms with E-state index in [-0.39, 0.29) is 12.1 Å². The molecule has 1 saturated heterocycles. The fourth-order valence-electron chi connectivity index (χ4n) is 2.62. The van der Waals surface area contributed by atoms with E-state index in [9.17, 15) is 8.42 Å². The molecule has 0 spiro atoms. The molecule has 4 nitrogen and oxygen atoms in total. The smallest absolute Gasteiger partial charge is 0.164 e. The van der Waals surface area contributed by atoms with E-state index < -0.39 is 15.2 Å². The summed E-state index contributed by atoms with van der Waals surface area (Å²) in [4.78, 5) is 4.48. The van der Waals surface area contributed by atoms with Gasteiger partial charge in [0.15, 0.2) is 9.84 Å². The highest BCUT2D eigenvalue weighted by Crippen LogP contribution is 2.35. The van der Waals surface area contributed by atoms with Gasteiger partial charge in [0, 0.05) is 40.1 Å². The zero-order chi connectivity index (χ0) is 14.9. The van der Waals surface area contributed by atoms with Gasteiger partial charge in [-0.05, 0) is 26.0 Å². The molecule has 1 aliphatic heterocycles. The number of thiophene rings is 1. The Hall–Kier alpha value is -0.0800. The fourth-order valence-corrected chi connectivity index (χ4v) is 6.64. The SMILES string of the molecule is Cc1ccc(C(C(C)N)N2CCSCC2S(C)(=O)=O)s1. The monoisotopic (exact) mass is 334 g/mol. The van der Waals surface area contributed by atoms with Crippen LogP contribution in [0, 0.1) is 6.92 Å². The van der Waals surface area contributed by atoms with E-state index in [0.29, 0.717) is 5.75 Å². The van der Waals surface area contributed by atoms with Gasteiger partial charge in [-0.15, -0.1) is 11.3 Å². The first-order valence-corrected chi connectivity index (χ1v) is 10.6. The van der Waals surface area contributed by atoms with E-state index >= 15 is 0 Å². The first kappa shape index (κ1) is 16.3. The maximum atomic E-state index is 12.1. The van der Waals surface area contributed by atoms with Gasteiger partial charge in [-0.25, -0.2) is 8.42 Å². The summed E-state index contributed by atoms with van der Waals surface area (Å²) >= 11 is 3.41. The summed E-state index contributed by atoms with van der Waals surface area (Å²) in [5, 5.41) is -0.431. The number of nitrogens with two attached hydrogens (primary N) is 1. The number of hydrogen-bond donors (Lipinski definition) is 1. The summed E-state index contributed by atoms with van der Waals surface area (Å²) in [6.45, 7) is 4.79. The average molecular weight is 335 g/mol. The third-order valence-corrected chi connectivity index (χ3v) is 7.26. The van der Waals surface area contributed by atoms with E-state index in [4.69, 9.17) is 5.73 Å². The van der Waals surface area contributed by atoms with Crippen molar-refractivity contribution in [1.29, 1.82) is 0 Å². The summed E-state index contributed by atoms with van der Waals surface area (Å²) in [6.07, 6.45) is 1.33. The molecule has 2 N–H and O–H groups in total. The molecule has 1 aromatic heterocycles. The van der Waals surface area contributed by atoms with Gasteiger partial charge in [-0.2, -0.15) is 11.8 Å². The molecule has 0 bridgehead atoms. The number of sulfone groups is 1. The molecule has 1 fully saturated rings. The molecular weight excluding hydrogens is 312 g/mol. The minimum atomic E-state index is -3.10. The Morgan fingerprint density at radius 3 is 2.65 bits per heavy atom. The first-order valence-electron chi connectivity index (χ1n) is 6.65. The summed E-state index contributed by atoms with van der Waals surface area (Å²) in [5.74, 6) is 1.59. The van der Waals surface area contributed by atoms with Crippen LogP contribution in [0.4, 0.5) is 0 Å². The van der Waals surface area contributed by atoms with Crippen LogP contribution in [0.5, 0.6) is 0 Å². The molecule has 20 heavy (non-hydrogen) atoms. The minimum Gasteiger partial charge on any atom is -0.326 e. The molecule has 0 aliphatic carbocycles. The molecule has 1 aromatic rings. The van der Waals surface area contributed by atoms with Crippen molar-refractivity contribution in [2.75, 3.05) is 24.3 Å². The molecular formula is C13H22N2O2S3. The lowest BCUT2D eigenvalue weighted by Gasteiger charge is -2.41. The normalized spacial score (nSPS) is 24.5. The second-order valence-electron chi connectivity index (χ2n) is 5.35. The Morgan fingerprint density at radius 2 is 2.15 bits per heavy atom. The maximum Gasteiger partial charge on any atom is 0.164 e. The van der Waals surface area contributed by atoms with Crippen LogP contribution in [-0.4, -0.2) is 49.0 Å². The standard InChI is InChI=1S/C13H22N2O2S3/c1-9-4-5-11(19-9)13(10(2)14)15-6-7-18-8-12(15)20(3,16)17/h4-5,10,12-13H,6-8,14H2,1-3H3. The predicted octanol–water partition coefficient (Wildman–Crippen LogP) is 1.86. The predicted molar refractivity (Wildman–Crippen MR) is 88.1 cm³/mol. The van der Waals surface area contributed by atoms with Gasteiger partial charge in [0.05, 0.1) is 6.04 Å². The highest BCUT2D eigenvalue weighted by molar-refractivity contribution is 8.00. The number of thioether (sulfide) groups is 1. The Balaban J connectivity index is 2.36. The molecule has 7 heteroatoms. The lowest BCUT2D eigenvalue weighted by atomic mass is 10.1. The van der Waals surface area contributed by atoms with Crippen molar-refractivity contribution in [2.24, 2.45) is 5.73 Å². The second kappa shape index (κ2) is 6.36. The lowest BCUT2D eigenvalue weighted by molar-refractivity contribution is 0.175. The molecule has 0 saturated carbocycles. The Bertz CT molecular complexity index is 554. The highest BCUT2D eigenvalue weighted by atomic mass is 32.2. The van der Waals surface area contributed by atoms with E-state index in [1.54, 1.807) is 23.1 Å². The van der Waals surface area contributed by atoms with Crippen LogP contribution < -0.4 is 5.73 Å². The lowest BCUT2D eigenvalue weighted by Crippen LogP contribution is -2.52. The van der Waals surface area contributed by atoms with Crippen molar-refractivity contribution < 1.29 is 8.42 Å². The fraction of sp³-hybridized carbons (Fsp3) is 0.692. The largest absolute Gasteiger partial charge is 0.326 e. The van der Waals surface area contributed by atoms with Crippen molar-refractivity contribution in [3.8, 4) is 0 Å². The summed E-state index contributed by atoms with van der Waals surface area (Å²) < 4.78 is 24.1. The quantitative estimate of drug-likeness (QED) is 0.910. The van der Waals surface area contributed by atoms with Gasteiger partial charge in [-0.1, -0.05) is 0 Å². The van der Waals surface area contributed by atoms with Crippen molar-refractivity contribution in [1.82, 2.24) is 4.90 Å². The van der Waals surface area contributed by atoms with E-state index in [0.717, 1.165) is 17.2 Å². The third-order valence-electron chi connectivity index (χ3n) is 3.53. The second-order valence-corrected chi connectivity index (χ2v) is 10.0. The maximum absolute atomic E-state index is 12.1. The Kier molecular flexibility index (Phi) is 5.18. The first-order chi connectivity index (χ1) is 9.30. The number of nitrogens with zero attached hydrogens (tertiary/aromatic N) is 1.